The van der Waals surface area contributed by atoms with E-state index in [2.05, 4.69) is 10.7 Å². The zero-order chi connectivity index (χ0) is 16.0. The second-order valence-corrected chi connectivity index (χ2v) is 6.29. The first-order valence-corrected chi connectivity index (χ1v) is 7.84. The fourth-order valence-corrected chi connectivity index (χ4v) is 2.06. The van der Waals surface area contributed by atoms with Crippen molar-refractivity contribution < 1.29 is 13.9 Å². The van der Waals surface area contributed by atoms with Crippen molar-refractivity contribution in [3.8, 4) is 0 Å². The molecule has 0 bridgehead atoms. The van der Waals surface area contributed by atoms with Crippen molar-refractivity contribution >= 4 is 28.1 Å². The van der Waals surface area contributed by atoms with E-state index in [9.17, 15) is 19.1 Å². The molecule has 0 aliphatic rings. The predicted octanol–water partition coefficient (Wildman–Crippen LogP) is 0.767. The molecule has 1 aromatic rings. The number of non-ortho nitro benzene ring substituents is 1. The summed E-state index contributed by atoms with van der Waals surface area (Å²) >= 11 is 0. The number of nitro benzene ring substituents is 1. The van der Waals surface area contributed by atoms with Gasteiger partial charge in [-0.2, -0.15) is 0 Å². The summed E-state index contributed by atoms with van der Waals surface area (Å²) in [4.78, 5) is 22.2. The minimum absolute atomic E-state index is 0.0393. The molecule has 21 heavy (non-hydrogen) atoms. The van der Waals surface area contributed by atoms with Gasteiger partial charge in [-0.3, -0.25) is 25.0 Å². The van der Waals surface area contributed by atoms with Gasteiger partial charge in [0.05, 0.1) is 16.2 Å². The van der Waals surface area contributed by atoms with Gasteiger partial charge in [-0.05, 0) is 12.5 Å². The molecule has 0 heterocycles. The lowest BCUT2D eigenvalue weighted by molar-refractivity contribution is -0.384. The summed E-state index contributed by atoms with van der Waals surface area (Å²) in [6.45, 7) is 2.15. The molecule has 0 aliphatic carbocycles. The highest BCUT2D eigenvalue weighted by atomic mass is 32.2. The van der Waals surface area contributed by atoms with Crippen LogP contribution in [0.3, 0.4) is 0 Å². The lowest BCUT2D eigenvalue weighted by atomic mass is 10.1. The van der Waals surface area contributed by atoms with Crippen molar-refractivity contribution in [1.29, 1.82) is 0 Å². The highest BCUT2D eigenvalue weighted by Crippen LogP contribution is 2.21. The van der Waals surface area contributed by atoms with E-state index in [4.69, 9.17) is 5.84 Å². The third-order valence-electron chi connectivity index (χ3n) is 3.02. The number of hydrazine groups is 1. The maximum atomic E-state index is 12.0. The fraction of sp³-hybridized carbons (Fsp3) is 0.417. The Balaban J connectivity index is 2.78. The lowest BCUT2D eigenvalue weighted by Gasteiger charge is -2.11. The molecule has 116 valence electrons. The van der Waals surface area contributed by atoms with Gasteiger partial charge in [0.2, 0.25) is 0 Å². The smallest absolute Gasteiger partial charge is 0.270 e. The second-order valence-electron chi connectivity index (χ2n) is 4.49. The Morgan fingerprint density at radius 2 is 2.19 bits per heavy atom. The van der Waals surface area contributed by atoms with Crippen molar-refractivity contribution in [2.24, 2.45) is 5.84 Å². The van der Waals surface area contributed by atoms with Crippen LogP contribution in [0.5, 0.6) is 0 Å². The van der Waals surface area contributed by atoms with Crippen LogP contribution in [0.25, 0.3) is 0 Å². The van der Waals surface area contributed by atoms with Gasteiger partial charge in [0.15, 0.2) is 0 Å². The SMILES string of the molecule is CC(CCNC(=O)c1cc([N+](=O)[O-])ccc1NN)S(C)=O. The summed E-state index contributed by atoms with van der Waals surface area (Å²) in [5.74, 6) is 4.82. The molecule has 0 aromatic heterocycles. The summed E-state index contributed by atoms with van der Waals surface area (Å²) < 4.78 is 11.2. The van der Waals surface area contributed by atoms with E-state index in [-0.39, 0.29) is 16.5 Å². The summed E-state index contributed by atoms with van der Waals surface area (Å²) in [5.41, 5.74) is 2.53. The predicted molar refractivity (Wildman–Crippen MR) is 81.4 cm³/mol. The summed E-state index contributed by atoms with van der Waals surface area (Å²) in [5, 5.41) is 13.3. The first kappa shape index (κ1) is 17.1. The topological polar surface area (TPSA) is 127 Å². The molecule has 8 nitrogen and oxygen atoms in total. The van der Waals surface area contributed by atoms with E-state index in [0.717, 1.165) is 6.07 Å². The number of nitrogens with zero attached hydrogens (tertiary/aromatic N) is 1. The van der Waals surface area contributed by atoms with Crippen molar-refractivity contribution in [2.75, 3.05) is 18.2 Å². The van der Waals surface area contributed by atoms with Gasteiger partial charge in [-0.15, -0.1) is 0 Å². The minimum Gasteiger partial charge on any atom is -0.352 e. The lowest BCUT2D eigenvalue weighted by Crippen LogP contribution is -2.28. The summed E-state index contributed by atoms with van der Waals surface area (Å²) in [6.07, 6.45) is 2.15. The Morgan fingerprint density at radius 1 is 1.52 bits per heavy atom. The fourth-order valence-electron chi connectivity index (χ4n) is 1.61. The largest absolute Gasteiger partial charge is 0.352 e. The number of hydrogen-bond donors (Lipinski definition) is 3. The molecular formula is C12H18N4O4S. The van der Waals surface area contributed by atoms with Gasteiger partial charge in [-0.25, -0.2) is 0 Å². The number of carbonyl (C=O) groups is 1. The van der Waals surface area contributed by atoms with Crippen LogP contribution in [0.4, 0.5) is 11.4 Å². The standard InChI is InChI=1S/C12H18N4O4S/c1-8(21(2)20)5-6-14-12(17)10-7-9(16(18)19)3-4-11(10)15-13/h3-4,7-8,15H,5-6,13H2,1-2H3,(H,14,17). The Hall–Kier alpha value is -2.00. The van der Waals surface area contributed by atoms with Gasteiger partial charge in [0, 0.05) is 41.0 Å². The normalized spacial score (nSPS) is 13.3. The average Bonchev–Trinajstić information content (AvgIpc) is 2.45. The Bertz CT molecular complexity index is 564. The monoisotopic (exact) mass is 314 g/mol. The number of anilines is 1. The van der Waals surface area contributed by atoms with Crippen LogP contribution in [0, 0.1) is 10.1 Å². The number of nitrogens with one attached hydrogen (secondary N) is 2. The molecular weight excluding hydrogens is 296 g/mol. The molecule has 2 atom stereocenters. The van der Waals surface area contributed by atoms with Gasteiger partial charge >= 0.3 is 0 Å². The summed E-state index contributed by atoms with van der Waals surface area (Å²) in [7, 11) is -0.958. The third-order valence-corrected chi connectivity index (χ3v) is 4.39. The molecule has 1 rings (SSSR count). The first-order chi connectivity index (χ1) is 9.86. The van der Waals surface area contributed by atoms with Crippen LogP contribution in [0.1, 0.15) is 23.7 Å². The van der Waals surface area contributed by atoms with Crippen molar-refractivity contribution in [1.82, 2.24) is 5.32 Å². The zero-order valence-corrected chi connectivity index (χ0v) is 12.6. The number of carbonyl (C=O) groups excluding carboxylic acids is 1. The third kappa shape index (κ3) is 4.80. The van der Waals surface area contributed by atoms with Crippen LogP contribution in [-0.2, 0) is 10.8 Å². The maximum absolute atomic E-state index is 12.0. The summed E-state index contributed by atoms with van der Waals surface area (Å²) in [6, 6.07) is 3.79. The zero-order valence-electron chi connectivity index (χ0n) is 11.8. The number of hydrogen-bond acceptors (Lipinski definition) is 6. The number of rotatable bonds is 7. The molecule has 0 radical (unpaired) electrons. The molecule has 1 amide bonds. The number of amides is 1. The Morgan fingerprint density at radius 3 is 2.71 bits per heavy atom. The van der Waals surface area contributed by atoms with Crippen LogP contribution in [0.15, 0.2) is 18.2 Å². The van der Waals surface area contributed by atoms with Crippen molar-refractivity contribution in [3.05, 3.63) is 33.9 Å². The molecule has 0 fully saturated rings. The van der Waals surface area contributed by atoms with E-state index in [1.165, 1.54) is 12.1 Å². The van der Waals surface area contributed by atoms with Crippen LogP contribution in [0.2, 0.25) is 0 Å². The van der Waals surface area contributed by atoms with E-state index >= 15 is 0 Å². The van der Waals surface area contributed by atoms with Crippen LogP contribution >= 0.6 is 0 Å². The molecule has 1 aromatic carbocycles. The molecule has 2 unspecified atom stereocenters. The van der Waals surface area contributed by atoms with Gasteiger partial charge < -0.3 is 10.7 Å². The van der Waals surface area contributed by atoms with E-state index in [0.29, 0.717) is 18.7 Å². The maximum Gasteiger partial charge on any atom is 0.270 e. The second kappa shape index (κ2) is 7.70. The number of nitrogens with two attached hydrogens (primary N) is 1. The number of nitrogen functional groups attached to an aromatic ring is 1. The Labute approximate surface area is 124 Å². The van der Waals surface area contributed by atoms with Crippen LogP contribution < -0.4 is 16.6 Å². The van der Waals surface area contributed by atoms with Gasteiger partial charge in [0.25, 0.3) is 11.6 Å². The molecule has 9 heteroatoms. The van der Waals surface area contributed by atoms with E-state index in [1.807, 2.05) is 6.92 Å². The van der Waals surface area contributed by atoms with Crippen molar-refractivity contribution in [2.45, 2.75) is 18.6 Å². The van der Waals surface area contributed by atoms with Gasteiger partial charge in [0.1, 0.15) is 0 Å². The van der Waals surface area contributed by atoms with E-state index < -0.39 is 21.6 Å². The average molecular weight is 314 g/mol. The molecule has 0 spiro atoms. The quantitative estimate of drug-likeness (QED) is 0.387. The highest BCUT2D eigenvalue weighted by Gasteiger charge is 2.16. The van der Waals surface area contributed by atoms with E-state index in [1.54, 1.807) is 6.26 Å². The molecule has 0 aliphatic heterocycles. The number of nitro groups is 1. The van der Waals surface area contributed by atoms with Crippen LogP contribution in [-0.4, -0.2) is 33.1 Å². The highest BCUT2D eigenvalue weighted by molar-refractivity contribution is 7.84. The van der Waals surface area contributed by atoms with Gasteiger partial charge in [-0.1, -0.05) is 6.92 Å². The minimum atomic E-state index is -0.958. The first-order valence-electron chi connectivity index (χ1n) is 6.22. The molecule has 4 N–H and O–H groups in total. The molecule has 0 saturated carbocycles. The number of benzene rings is 1. The van der Waals surface area contributed by atoms with Crippen molar-refractivity contribution in [3.63, 3.8) is 0 Å². The molecule has 0 saturated heterocycles. The Kier molecular flexibility index (Phi) is 6.25.